The highest BCUT2D eigenvalue weighted by atomic mass is 35.5. The lowest BCUT2D eigenvalue weighted by Gasteiger charge is -2.13. The maximum Gasteiger partial charge on any atom is 0.328 e. The van der Waals surface area contributed by atoms with Crippen molar-refractivity contribution in [2.75, 3.05) is 7.11 Å². The van der Waals surface area contributed by atoms with E-state index in [0.717, 1.165) is 4.57 Å². The minimum Gasteiger partial charge on any atom is -0.497 e. The number of ether oxygens (including phenoxy) is 1. The average Bonchev–Trinajstić information content (AvgIpc) is 2.44. The number of nitrogens with zero attached hydrogens (tertiary/aromatic N) is 1. The number of aliphatic hydroxyl groups is 1. The Bertz CT molecular complexity index is 723. The smallest absolute Gasteiger partial charge is 0.328 e. The average molecular weight is 297 g/mol. The minimum absolute atomic E-state index is 0.0253. The van der Waals surface area contributed by atoms with Gasteiger partial charge >= 0.3 is 5.69 Å². The van der Waals surface area contributed by atoms with Crippen molar-refractivity contribution < 1.29 is 9.84 Å². The Morgan fingerprint density at radius 3 is 2.90 bits per heavy atom. The van der Waals surface area contributed by atoms with E-state index in [1.54, 1.807) is 24.3 Å². The van der Waals surface area contributed by atoms with Crippen molar-refractivity contribution in [1.29, 1.82) is 0 Å². The molecule has 20 heavy (non-hydrogen) atoms. The normalized spacial score (nSPS) is 12.2. The van der Waals surface area contributed by atoms with Crippen molar-refractivity contribution in [3.8, 4) is 5.75 Å². The van der Waals surface area contributed by atoms with E-state index in [1.807, 2.05) is 0 Å². The molecule has 1 aromatic heterocycles. The number of nitrogens with one attached hydrogen (secondary N) is 1. The lowest BCUT2D eigenvalue weighted by Crippen LogP contribution is -2.31. The molecular formula is C13H13ClN2O4. The Morgan fingerprint density at radius 1 is 1.45 bits per heavy atom. The van der Waals surface area contributed by atoms with Crippen molar-refractivity contribution in [2.45, 2.75) is 12.6 Å². The summed E-state index contributed by atoms with van der Waals surface area (Å²) in [6.45, 7) is -0.0253. The van der Waals surface area contributed by atoms with Crippen LogP contribution in [-0.4, -0.2) is 21.8 Å². The van der Waals surface area contributed by atoms with Gasteiger partial charge in [-0.15, -0.1) is 0 Å². The number of halogens is 1. The summed E-state index contributed by atoms with van der Waals surface area (Å²) in [6, 6.07) is 6.87. The topological polar surface area (TPSA) is 84.3 Å². The number of hydrogen-bond acceptors (Lipinski definition) is 4. The number of aromatic amines is 1. The van der Waals surface area contributed by atoms with Crippen molar-refractivity contribution in [3.05, 3.63) is 61.9 Å². The molecule has 0 spiro atoms. The van der Waals surface area contributed by atoms with Crippen LogP contribution in [0.1, 0.15) is 11.7 Å². The van der Waals surface area contributed by atoms with E-state index in [0.29, 0.717) is 11.3 Å². The van der Waals surface area contributed by atoms with Crippen molar-refractivity contribution in [1.82, 2.24) is 9.55 Å². The third kappa shape index (κ3) is 3.09. The fourth-order valence-electron chi connectivity index (χ4n) is 1.76. The standard InChI is InChI=1S/C13H13ClN2O4/c1-20-9-4-2-3-8(5-9)11(17)7-16-6-10(14)12(18)15-13(16)19/h2-6,11,17H,7H2,1H3,(H,15,18,19)/t11-/m1/s1. The van der Waals surface area contributed by atoms with Gasteiger partial charge < -0.3 is 9.84 Å². The second-order valence-electron chi connectivity index (χ2n) is 4.18. The van der Waals surface area contributed by atoms with Crippen LogP contribution in [0.15, 0.2) is 40.1 Å². The van der Waals surface area contributed by atoms with Gasteiger partial charge in [-0.25, -0.2) is 4.79 Å². The van der Waals surface area contributed by atoms with Crippen LogP contribution in [0, 0.1) is 0 Å². The monoisotopic (exact) mass is 296 g/mol. The van der Waals surface area contributed by atoms with Crippen LogP contribution in [0.5, 0.6) is 5.75 Å². The van der Waals surface area contributed by atoms with Gasteiger partial charge in [0.05, 0.1) is 19.8 Å². The highest BCUT2D eigenvalue weighted by Gasteiger charge is 2.11. The first-order valence-electron chi connectivity index (χ1n) is 5.82. The fourth-order valence-corrected chi connectivity index (χ4v) is 1.92. The highest BCUT2D eigenvalue weighted by molar-refractivity contribution is 6.30. The van der Waals surface area contributed by atoms with E-state index in [9.17, 15) is 14.7 Å². The van der Waals surface area contributed by atoms with Crippen LogP contribution in [0.3, 0.4) is 0 Å². The third-order valence-electron chi connectivity index (χ3n) is 2.82. The highest BCUT2D eigenvalue weighted by Crippen LogP contribution is 2.20. The van der Waals surface area contributed by atoms with Gasteiger partial charge in [-0.05, 0) is 17.7 Å². The van der Waals surface area contributed by atoms with Crippen LogP contribution in [0.2, 0.25) is 5.02 Å². The zero-order chi connectivity index (χ0) is 14.7. The SMILES string of the molecule is COc1cccc([C@H](O)Cn2cc(Cl)c(=O)[nH]c2=O)c1. The van der Waals surface area contributed by atoms with Crippen molar-refractivity contribution in [2.24, 2.45) is 0 Å². The van der Waals surface area contributed by atoms with Gasteiger partial charge in [0.1, 0.15) is 10.8 Å². The summed E-state index contributed by atoms with van der Waals surface area (Å²) >= 11 is 5.66. The number of rotatable bonds is 4. The molecule has 1 atom stereocenters. The molecule has 1 heterocycles. The maximum atomic E-state index is 11.6. The summed E-state index contributed by atoms with van der Waals surface area (Å²) in [5.74, 6) is 0.605. The first kappa shape index (κ1) is 14.4. The van der Waals surface area contributed by atoms with Crippen LogP contribution >= 0.6 is 11.6 Å². The van der Waals surface area contributed by atoms with E-state index in [1.165, 1.54) is 13.3 Å². The number of methoxy groups -OCH3 is 1. The molecule has 1 aromatic carbocycles. The molecule has 2 rings (SSSR count). The Kier molecular flexibility index (Phi) is 4.26. The Labute approximate surface area is 119 Å². The lowest BCUT2D eigenvalue weighted by atomic mass is 10.1. The molecule has 0 aliphatic carbocycles. The molecule has 0 radical (unpaired) electrons. The van der Waals surface area contributed by atoms with Gasteiger partial charge in [-0.1, -0.05) is 23.7 Å². The molecule has 0 saturated heterocycles. The predicted molar refractivity (Wildman–Crippen MR) is 74.3 cm³/mol. The Hall–Kier alpha value is -2.05. The summed E-state index contributed by atoms with van der Waals surface area (Å²) in [4.78, 5) is 24.8. The molecule has 0 bridgehead atoms. The summed E-state index contributed by atoms with van der Waals surface area (Å²) in [5.41, 5.74) is -0.677. The van der Waals surface area contributed by atoms with E-state index >= 15 is 0 Å². The van der Waals surface area contributed by atoms with Gasteiger partial charge in [-0.2, -0.15) is 0 Å². The molecule has 0 amide bonds. The molecule has 0 fully saturated rings. The molecule has 0 unspecified atom stereocenters. The van der Waals surface area contributed by atoms with Crippen LogP contribution in [0.25, 0.3) is 0 Å². The van der Waals surface area contributed by atoms with E-state index in [2.05, 4.69) is 4.98 Å². The van der Waals surface area contributed by atoms with Gasteiger partial charge in [0.25, 0.3) is 5.56 Å². The van der Waals surface area contributed by atoms with Crippen molar-refractivity contribution >= 4 is 11.6 Å². The van der Waals surface area contributed by atoms with Crippen LogP contribution in [0.4, 0.5) is 0 Å². The summed E-state index contributed by atoms with van der Waals surface area (Å²) in [5, 5.41) is 10.0. The van der Waals surface area contributed by atoms with Gasteiger partial charge in [0, 0.05) is 6.20 Å². The minimum atomic E-state index is -0.926. The second-order valence-corrected chi connectivity index (χ2v) is 4.59. The maximum absolute atomic E-state index is 11.6. The van der Waals surface area contributed by atoms with Crippen LogP contribution in [-0.2, 0) is 6.54 Å². The predicted octanol–water partition coefficient (Wildman–Crippen LogP) is 0.932. The lowest BCUT2D eigenvalue weighted by molar-refractivity contribution is 0.154. The Morgan fingerprint density at radius 2 is 2.20 bits per heavy atom. The largest absolute Gasteiger partial charge is 0.497 e. The summed E-state index contributed by atoms with van der Waals surface area (Å²) < 4.78 is 6.21. The third-order valence-corrected chi connectivity index (χ3v) is 3.08. The summed E-state index contributed by atoms with van der Waals surface area (Å²) in [6.07, 6.45) is 0.274. The molecular weight excluding hydrogens is 284 g/mol. The molecule has 106 valence electrons. The molecule has 0 saturated carbocycles. The Balaban J connectivity index is 2.27. The first-order valence-corrected chi connectivity index (χ1v) is 6.20. The number of aromatic nitrogens is 2. The first-order chi connectivity index (χ1) is 9.51. The van der Waals surface area contributed by atoms with Gasteiger partial charge in [0.2, 0.25) is 0 Å². The molecule has 2 N–H and O–H groups in total. The van der Waals surface area contributed by atoms with E-state index < -0.39 is 17.4 Å². The van der Waals surface area contributed by atoms with Crippen LogP contribution < -0.4 is 16.0 Å². The van der Waals surface area contributed by atoms with Crippen molar-refractivity contribution in [3.63, 3.8) is 0 Å². The van der Waals surface area contributed by atoms with E-state index in [4.69, 9.17) is 16.3 Å². The van der Waals surface area contributed by atoms with E-state index in [-0.39, 0.29) is 11.6 Å². The zero-order valence-corrected chi connectivity index (χ0v) is 11.4. The number of aliphatic hydroxyl groups excluding tert-OH is 1. The number of H-pyrrole nitrogens is 1. The van der Waals surface area contributed by atoms with Gasteiger partial charge in [-0.3, -0.25) is 14.3 Å². The molecule has 0 aliphatic rings. The number of hydrogen-bond donors (Lipinski definition) is 2. The molecule has 0 aliphatic heterocycles. The zero-order valence-electron chi connectivity index (χ0n) is 10.7. The number of benzene rings is 1. The quantitative estimate of drug-likeness (QED) is 0.879. The van der Waals surface area contributed by atoms with Gasteiger partial charge in [0.15, 0.2) is 0 Å². The summed E-state index contributed by atoms with van der Waals surface area (Å²) in [7, 11) is 1.53. The fraction of sp³-hybridized carbons (Fsp3) is 0.231. The molecule has 2 aromatic rings. The molecule has 7 heteroatoms. The molecule has 6 nitrogen and oxygen atoms in total. The second kappa shape index (κ2) is 5.94.